The molecule has 0 bridgehead atoms. The van der Waals surface area contributed by atoms with E-state index in [-0.39, 0.29) is 5.75 Å². The van der Waals surface area contributed by atoms with Crippen LogP contribution in [0, 0.1) is 6.92 Å². The molecule has 0 spiro atoms. The third kappa shape index (κ3) is 1.88. The molecule has 0 aliphatic rings. The highest BCUT2D eigenvalue weighted by atomic mass is 16.7. The molecule has 1 heterocycles. The Morgan fingerprint density at radius 1 is 1.47 bits per heavy atom. The SMILES string of the molecule is Cc1cnc2c(OC(=O)O)cccc2c1. The molecule has 76 valence electrons. The van der Waals surface area contributed by atoms with Gasteiger partial charge in [0.2, 0.25) is 0 Å². The Morgan fingerprint density at radius 3 is 3.00 bits per heavy atom. The first-order chi connectivity index (χ1) is 7.16. The summed E-state index contributed by atoms with van der Waals surface area (Å²) >= 11 is 0. The average molecular weight is 203 g/mol. The number of hydrogen-bond acceptors (Lipinski definition) is 3. The number of carbonyl (C=O) groups is 1. The highest BCUT2D eigenvalue weighted by Crippen LogP contribution is 2.23. The summed E-state index contributed by atoms with van der Waals surface area (Å²) < 4.78 is 4.62. The number of hydrogen-bond donors (Lipinski definition) is 1. The Balaban J connectivity index is 2.60. The fourth-order valence-electron chi connectivity index (χ4n) is 1.42. The van der Waals surface area contributed by atoms with Gasteiger partial charge in [-0.05, 0) is 24.6 Å². The number of aryl methyl sites for hydroxylation is 1. The average Bonchev–Trinajstić information content (AvgIpc) is 2.16. The van der Waals surface area contributed by atoms with Crippen LogP contribution in [0.4, 0.5) is 4.79 Å². The summed E-state index contributed by atoms with van der Waals surface area (Å²) in [7, 11) is 0. The van der Waals surface area contributed by atoms with Gasteiger partial charge in [-0.1, -0.05) is 12.1 Å². The van der Waals surface area contributed by atoms with Gasteiger partial charge in [-0.25, -0.2) is 4.79 Å². The Morgan fingerprint density at radius 2 is 2.27 bits per heavy atom. The van der Waals surface area contributed by atoms with E-state index in [1.807, 2.05) is 19.1 Å². The van der Waals surface area contributed by atoms with Gasteiger partial charge >= 0.3 is 6.16 Å². The third-order valence-electron chi connectivity index (χ3n) is 2.01. The first-order valence-corrected chi connectivity index (χ1v) is 4.43. The van der Waals surface area contributed by atoms with Crippen molar-refractivity contribution in [2.24, 2.45) is 0 Å². The minimum absolute atomic E-state index is 0.264. The lowest BCUT2D eigenvalue weighted by atomic mass is 10.1. The summed E-state index contributed by atoms with van der Waals surface area (Å²) in [6.07, 6.45) is 0.349. The zero-order valence-electron chi connectivity index (χ0n) is 8.10. The van der Waals surface area contributed by atoms with E-state index in [9.17, 15) is 4.79 Å². The fraction of sp³-hybridized carbons (Fsp3) is 0.0909. The maximum Gasteiger partial charge on any atom is 0.511 e. The lowest BCUT2D eigenvalue weighted by Gasteiger charge is -2.04. The highest BCUT2D eigenvalue weighted by Gasteiger charge is 2.06. The molecule has 0 atom stereocenters. The molecule has 0 unspecified atom stereocenters. The zero-order valence-corrected chi connectivity index (χ0v) is 8.10. The molecule has 1 aromatic carbocycles. The van der Waals surface area contributed by atoms with Gasteiger partial charge in [-0.15, -0.1) is 0 Å². The van der Waals surface area contributed by atoms with Crippen LogP contribution in [0.2, 0.25) is 0 Å². The quantitative estimate of drug-likeness (QED) is 0.571. The van der Waals surface area contributed by atoms with E-state index in [1.165, 1.54) is 0 Å². The van der Waals surface area contributed by atoms with Gasteiger partial charge in [0.1, 0.15) is 5.52 Å². The van der Waals surface area contributed by atoms with Gasteiger partial charge in [0.25, 0.3) is 0 Å². The van der Waals surface area contributed by atoms with Crippen molar-refractivity contribution in [2.45, 2.75) is 6.92 Å². The van der Waals surface area contributed by atoms with Crippen LogP contribution in [0.25, 0.3) is 10.9 Å². The van der Waals surface area contributed by atoms with E-state index < -0.39 is 6.16 Å². The van der Waals surface area contributed by atoms with Gasteiger partial charge in [0.15, 0.2) is 5.75 Å². The second-order valence-electron chi connectivity index (χ2n) is 3.21. The van der Waals surface area contributed by atoms with E-state index in [1.54, 1.807) is 18.3 Å². The topological polar surface area (TPSA) is 59.4 Å². The van der Waals surface area contributed by atoms with Gasteiger partial charge in [-0.2, -0.15) is 0 Å². The number of benzene rings is 1. The molecular formula is C11H9NO3. The first-order valence-electron chi connectivity index (χ1n) is 4.43. The van der Waals surface area contributed by atoms with Gasteiger partial charge in [0, 0.05) is 11.6 Å². The van der Waals surface area contributed by atoms with Crippen LogP contribution in [-0.2, 0) is 0 Å². The van der Waals surface area contributed by atoms with Crippen molar-refractivity contribution < 1.29 is 14.6 Å². The molecule has 0 aliphatic heterocycles. The van der Waals surface area contributed by atoms with Gasteiger partial charge in [0.05, 0.1) is 0 Å². The normalized spacial score (nSPS) is 10.2. The minimum Gasteiger partial charge on any atom is -0.449 e. The molecular weight excluding hydrogens is 194 g/mol. The summed E-state index contributed by atoms with van der Waals surface area (Å²) in [5, 5.41) is 9.40. The number of ether oxygens (including phenoxy) is 1. The first kappa shape index (κ1) is 9.45. The summed E-state index contributed by atoms with van der Waals surface area (Å²) in [5.41, 5.74) is 1.58. The minimum atomic E-state index is -1.33. The van der Waals surface area contributed by atoms with E-state index >= 15 is 0 Å². The molecule has 0 radical (unpaired) electrons. The van der Waals surface area contributed by atoms with Crippen LogP contribution in [0.1, 0.15) is 5.56 Å². The maximum atomic E-state index is 10.4. The molecule has 0 aliphatic carbocycles. The molecule has 4 nitrogen and oxygen atoms in total. The summed E-state index contributed by atoms with van der Waals surface area (Å²) in [4.78, 5) is 14.6. The number of para-hydroxylation sites is 1. The van der Waals surface area contributed by atoms with Crippen LogP contribution in [0.3, 0.4) is 0 Å². The molecule has 0 saturated heterocycles. The number of nitrogens with zero attached hydrogens (tertiary/aromatic N) is 1. The molecule has 15 heavy (non-hydrogen) atoms. The summed E-state index contributed by atoms with van der Waals surface area (Å²) in [6.45, 7) is 1.93. The molecule has 1 N–H and O–H groups in total. The largest absolute Gasteiger partial charge is 0.511 e. The molecule has 0 amide bonds. The maximum absolute atomic E-state index is 10.4. The Kier molecular flexibility index (Phi) is 2.25. The Hall–Kier alpha value is -2.10. The smallest absolute Gasteiger partial charge is 0.449 e. The lowest BCUT2D eigenvalue weighted by molar-refractivity contribution is 0.145. The predicted molar refractivity (Wildman–Crippen MR) is 55.1 cm³/mol. The van der Waals surface area contributed by atoms with Crippen LogP contribution < -0.4 is 4.74 Å². The van der Waals surface area contributed by atoms with E-state index in [4.69, 9.17) is 5.11 Å². The Bertz CT molecular complexity index is 522. The number of carboxylic acid groups (broad SMARTS) is 1. The van der Waals surface area contributed by atoms with Crippen LogP contribution >= 0.6 is 0 Å². The van der Waals surface area contributed by atoms with Crippen molar-refractivity contribution in [3.05, 3.63) is 36.0 Å². The van der Waals surface area contributed by atoms with E-state index in [0.717, 1.165) is 10.9 Å². The van der Waals surface area contributed by atoms with Crippen molar-refractivity contribution >= 4 is 17.1 Å². The Labute approximate surface area is 86.1 Å². The van der Waals surface area contributed by atoms with Crippen molar-refractivity contribution in [3.63, 3.8) is 0 Å². The fourth-order valence-corrected chi connectivity index (χ4v) is 1.42. The molecule has 0 fully saturated rings. The predicted octanol–water partition coefficient (Wildman–Crippen LogP) is 2.60. The van der Waals surface area contributed by atoms with Crippen molar-refractivity contribution in [1.29, 1.82) is 0 Å². The standard InChI is InChI=1S/C11H9NO3/c1-7-5-8-3-2-4-9(15-11(13)14)10(8)12-6-7/h2-6H,1H3,(H,13,14). The van der Waals surface area contributed by atoms with Crippen molar-refractivity contribution in [3.8, 4) is 5.75 Å². The van der Waals surface area contributed by atoms with Gasteiger partial charge < -0.3 is 9.84 Å². The molecule has 4 heteroatoms. The van der Waals surface area contributed by atoms with E-state index in [0.29, 0.717) is 5.52 Å². The molecule has 2 aromatic rings. The number of rotatable bonds is 1. The van der Waals surface area contributed by atoms with E-state index in [2.05, 4.69) is 9.72 Å². The molecule has 2 rings (SSSR count). The van der Waals surface area contributed by atoms with Crippen LogP contribution in [0.15, 0.2) is 30.5 Å². The lowest BCUT2D eigenvalue weighted by Crippen LogP contribution is -2.03. The highest BCUT2D eigenvalue weighted by molar-refractivity contribution is 5.86. The molecule has 1 aromatic heterocycles. The van der Waals surface area contributed by atoms with Crippen LogP contribution in [-0.4, -0.2) is 16.2 Å². The summed E-state index contributed by atoms with van der Waals surface area (Å²) in [6, 6.07) is 7.11. The molecule has 0 saturated carbocycles. The zero-order chi connectivity index (χ0) is 10.8. The van der Waals surface area contributed by atoms with Crippen molar-refractivity contribution in [1.82, 2.24) is 4.98 Å². The monoisotopic (exact) mass is 203 g/mol. The number of aromatic nitrogens is 1. The second-order valence-corrected chi connectivity index (χ2v) is 3.21. The number of fused-ring (bicyclic) bond motifs is 1. The van der Waals surface area contributed by atoms with Crippen LogP contribution in [0.5, 0.6) is 5.75 Å². The van der Waals surface area contributed by atoms with Crippen molar-refractivity contribution in [2.75, 3.05) is 0 Å². The third-order valence-corrected chi connectivity index (χ3v) is 2.01. The van der Waals surface area contributed by atoms with Gasteiger partial charge in [-0.3, -0.25) is 4.98 Å². The summed E-state index contributed by atoms with van der Waals surface area (Å²) in [5.74, 6) is 0.264. The second kappa shape index (κ2) is 3.57. The number of pyridine rings is 1.